The average Bonchev–Trinajstić information content (AvgIpc) is 2.87. The zero-order valence-corrected chi connectivity index (χ0v) is 16.4. The quantitative estimate of drug-likeness (QED) is 0.844. The molecule has 1 N–H and O–H groups in total. The van der Waals surface area contributed by atoms with E-state index in [0.717, 1.165) is 16.9 Å². The molecule has 0 spiro atoms. The Morgan fingerprint density at radius 2 is 1.89 bits per heavy atom. The number of carbonyl (C=O) groups excluding carboxylic acids is 3. The van der Waals surface area contributed by atoms with Crippen LogP contribution in [0.3, 0.4) is 0 Å². The van der Waals surface area contributed by atoms with Crippen molar-refractivity contribution >= 4 is 18.1 Å². The number of nitrogens with zero attached hydrogens (tertiary/aromatic N) is 1. The molecule has 0 radical (unpaired) electrons. The zero-order valence-electron chi connectivity index (χ0n) is 16.4. The highest BCUT2D eigenvalue weighted by Gasteiger charge is 2.44. The molecule has 1 aliphatic heterocycles. The first-order chi connectivity index (χ1) is 12.7. The second-order valence-electron chi connectivity index (χ2n) is 7.63. The van der Waals surface area contributed by atoms with Crippen LogP contribution in [0.2, 0.25) is 0 Å². The number of hydrogen-bond acceptors (Lipinski definition) is 5. The van der Waals surface area contributed by atoms with Gasteiger partial charge in [-0.05, 0) is 39.2 Å². The van der Waals surface area contributed by atoms with E-state index in [0.29, 0.717) is 12.8 Å². The molecule has 0 aromatic heterocycles. The third-order valence-electron chi connectivity index (χ3n) is 4.13. The van der Waals surface area contributed by atoms with Crippen LogP contribution < -0.4 is 5.32 Å². The van der Waals surface area contributed by atoms with Crippen LogP contribution in [0, 0.1) is 5.92 Å². The van der Waals surface area contributed by atoms with Crippen LogP contribution in [0.1, 0.15) is 52.5 Å². The normalized spacial score (nSPS) is 19.7. The Kier molecular flexibility index (Phi) is 6.82. The van der Waals surface area contributed by atoms with Gasteiger partial charge in [-0.1, -0.05) is 43.7 Å². The molecule has 0 bridgehead atoms. The van der Waals surface area contributed by atoms with Gasteiger partial charge in [-0.15, -0.1) is 0 Å². The van der Waals surface area contributed by atoms with Gasteiger partial charge in [-0.2, -0.15) is 0 Å². The van der Waals surface area contributed by atoms with E-state index in [1.807, 2.05) is 37.3 Å². The largest absolute Gasteiger partial charge is 0.444 e. The molecule has 1 heterocycles. The van der Waals surface area contributed by atoms with Gasteiger partial charge < -0.3 is 14.8 Å². The SMILES string of the molecule is CCC[C@@H]1CC(NC(=O)OC(C)(C)C)N(C(=O)OCc2ccccc2)C1=O. The van der Waals surface area contributed by atoms with E-state index in [1.165, 1.54) is 0 Å². The van der Waals surface area contributed by atoms with Crippen LogP contribution in [0.4, 0.5) is 9.59 Å². The predicted molar refractivity (Wildman–Crippen MR) is 99.6 cm³/mol. The van der Waals surface area contributed by atoms with E-state index >= 15 is 0 Å². The molecule has 1 aromatic rings. The maximum Gasteiger partial charge on any atom is 0.418 e. The number of carbonyl (C=O) groups is 3. The van der Waals surface area contributed by atoms with Gasteiger partial charge in [0.25, 0.3) is 0 Å². The van der Waals surface area contributed by atoms with Gasteiger partial charge in [0.15, 0.2) is 0 Å². The topological polar surface area (TPSA) is 84.9 Å². The fraction of sp³-hybridized carbons (Fsp3) is 0.550. The Labute approximate surface area is 160 Å². The van der Waals surface area contributed by atoms with Crippen molar-refractivity contribution in [2.45, 2.75) is 65.3 Å². The number of alkyl carbamates (subject to hydrolysis) is 1. The lowest BCUT2D eigenvalue weighted by Gasteiger charge is -2.25. The van der Waals surface area contributed by atoms with Crippen LogP contribution in [-0.4, -0.2) is 34.8 Å². The molecule has 2 rings (SSSR count). The Morgan fingerprint density at radius 1 is 1.22 bits per heavy atom. The Bertz CT molecular complexity index is 669. The van der Waals surface area contributed by atoms with Crippen molar-refractivity contribution in [2.24, 2.45) is 5.92 Å². The molecule has 148 valence electrons. The van der Waals surface area contributed by atoms with E-state index in [-0.39, 0.29) is 18.4 Å². The smallest absolute Gasteiger partial charge is 0.418 e. The van der Waals surface area contributed by atoms with Crippen molar-refractivity contribution in [3.05, 3.63) is 35.9 Å². The molecule has 1 aliphatic rings. The number of nitrogens with one attached hydrogen (secondary N) is 1. The lowest BCUT2D eigenvalue weighted by molar-refractivity contribution is -0.130. The number of imide groups is 1. The van der Waals surface area contributed by atoms with Gasteiger partial charge >= 0.3 is 12.2 Å². The summed E-state index contributed by atoms with van der Waals surface area (Å²) in [5, 5.41) is 2.63. The molecule has 1 aromatic carbocycles. The van der Waals surface area contributed by atoms with E-state index in [9.17, 15) is 14.4 Å². The molecule has 2 atom stereocenters. The number of rotatable bonds is 5. The summed E-state index contributed by atoms with van der Waals surface area (Å²) in [5.41, 5.74) is 0.146. The van der Waals surface area contributed by atoms with Crippen LogP contribution >= 0.6 is 0 Å². The molecule has 3 amide bonds. The van der Waals surface area contributed by atoms with Gasteiger partial charge in [0.05, 0.1) is 0 Å². The molecule has 0 saturated carbocycles. The van der Waals surface area contributed by atoms with Crippen LogP contribution in [0.5, 0.6) is 0 Å². The first-order valence-corrected chi connectivity index (χ1v) is 9.24. The number of amides is 3. The summed E-state index contributed by atoms with van der Waals surface area (Å²) in [7, 11) is 0. The summed E-state index contributed by atoms with van der Waals surface area (Å²) < 4.78 is 10.5. The van der Waals surface area contributed by atoms with Gasteiger partial charge in [-0.3, -0.25) is 4.79 Å². The van der Waals surface area contributed by atoms with Gasteiger partial charge in [0.2, 0.25) is 5.91 Å². The Hall–Kier alpha value is -2.57. The summed E-state index contributed by atoms with van der Waals surface area (Å²) in [5.74, 6) is -0.643. The summed E-state index contributed by atoms with van der Waals surface area (Å²) >= 11 is 0. The van der Waals surface area contributed by atoms with Crippen LogP contribution in [-0.2, 0) is 20.9 Å². The molecular weight excluding hydrogens is 348 g/mol. The molecular formula is C20H28N2O5. The zero-order chi connectivity index (χ0) is 20.0. The first-order valence-electron chi connectivity index (χ1n) is 9.24. The van der Waals surface area contributed by atoms with E-state index < -0.39 is 24.0 Å². The highest BCUT2D eigenvalue weighted by molar-refractivity contribution is 5.96. The van der Waals surface area contributed by atoms with Gasteiger partial charge in [0, 0.05) is 5.92 Å². The van der Waals surface area contributed by atoms with Gasteiger partial charge in [0.1, 0.15) is 18.4 Å². The molecule has 1 fully saturated rings. The lowest BCUT2D eigenvalue weighted by atomic mass is 10.0. The molecule has 1 unspecified atom stereocenters. The monoisotopic (exact) mass is 376 g/mol. The van der Waals surface area contributed by atoms with E-state index in [1.54, 1.807) is 20.8 Å². The fourth-order valence-electron chi connectivity index (χ4n) is 2.99. The number of benzene rings is 1. The summed E-state index contributed by atoms with van der Waals surface area (Å²) in [6, 6.07) is 9.21. The maximum atomic E-state index is 12.7. The first kappa shape index (κ1) is 20.7. The van der Waals surface area contributed by atoms with Crippen molar-refractivity contribution in [1.82, 2.24) is 10.2 Å². The molecule has 7 nitrogen and oxygen atoms in total. The maximum absolute atomic E-state index is 12.7. The Morgan fingerprint density at radius 3 is 2.48 bits per heavy atom. The number of hydrogen-bond donors (Lipinski definition) is 1. The summed E-state index contributed by atoms with van der Waals surface area (Å²) in [4.78, 5) is 38.3. The van der Waals surface area contributed by atoms with Crippen molar-refractivity contribution in [3.63, 3.8) is 0 Å². The molecule has 1 saturated heterocycles. The molecule has 7 heteroatoms. The fourth-order valence-corrected chi connectivity index (χ4v) is 2.99. The Balaban J connectivity index is 2.06. The standard InChI is InChI=1S/C20H28N2O5/c1-5-9-15-12-16(21-18(24)27-20(2,3)4)22(17(15)23)19(25)26-13-14-10-7-6-8-11-14/h6-8,10-11,15-16H,5,9,12-13H2,1-4H3,(H,21,24)/t15-,16?/m1/s1. The van der Waals surface area contributed by atoms with Crippen molar-refractivity contribution in [3.8, 4) is 0 Å². The highest BCUT2D eigenvalue weighted by Crippen LogP contribution is 2.28. The minimum absolute atomic E-state index is 0.0566. The average molecular weight is 376 g/mol. The van der Waals surface area contributed by atoms with E-state index in [4.69, 9.17) is 9.47 Å². The minimum atomic E-state index is -0.771. The summed E-state index contributed by atoms with van der Waals surface area (Å²) in [6.07, 6.45) is -0.392. The van der Waals surface area contributed by atoms with Crippen molar-refractivity contribution in [2.75, 3.05) is 0 Å². The van der Waals surface area contributed by atoms with Crippen LogP contribution in [0.25, 0.3) is 0 Å². The third-order valence-corrected chi connectivity index (χ3v) is 4.13. The number of likely N-dealkylation sites (tertiary alicyclic amines) is 1. The van der Waals surface area contributed by atoms with Crippen LogP contribution in [0.15, 0.2) is 30.3 Å². The predicted octanol–water partition coefficient (Wildman–Crippen LogP) is 3.82. The summed E-state index contributed by atoms with van der Waals surface area (Å²) in [6.45, 7) is 7.27. The number of ether oxygens (including phenoxy) is 2. The van der Waals surface area contributed by atoms with Crippen molar-refractivity contribution < 1.29 is 23.9 Å². The third kappa shape index (κ3) is 5.98. The van der Waals surface area contributed by atoms with E-state index in [2.05, 4.69) is 5.32 Å². The van der Waals surface area contributed by atoms with Crippen molar-refractivity contribution in [1.29, 1.82) is 0 Å². The second kappa shape index (κ2) is 8.88. The molecule has 0 aliphatic carbocycles. The minimum Gasteiger partial charge on any atom is -0.444 e. The molecule has 27 heavy (non-hydrogen) atoms. The van der Waals surface area contributed by atoms with Gasteiger partial charge in [-0.25, -0.2) is 14.5 Å². The highest BCUT2D eigenvalue weighted by atomic mass is 16.6. The second-order valence-corrected chi connectivity index (χ2v) is 7.63. The lowest BCUT2D eigenvalue weighted by Crippen LogP contribution is -2.50.